The van der Waals surface area contributed by atoms with Crippen molar-refractivity contribution in [3.8, 4) is 0 Å². The van der Waals surface area contributed by atoms with Gasteiger partial charge in [-0.15, -0.1) is 0 Å². The topological polar surface area (TPSA) is 12.0 Å². The minimum atomic E-state index is -0.0289. The van der Waals surface area contributed by atoms with Crippen molar-refractivity contribution >= 4 is 31.9 Å². The highest BCUT2D eigenvalue weighted by Crippen LogP contribution is 2.47. The molecule has 0 saturated carbocycles. The number of halogens is 2. The summed E-state index contributed by atoms with van der Waals surface area (Å²) < 4.78 is 2.43. The molecule has 0 spiro atoms. The smallest absolute Gasteiger partial charge is 0.0231 e. The van der Waals surface area contributed by atoms with Crippen LogP contribution in [0.25, 0.3) is 0 Å². The maximum Gasteiger partial charge on any atom is 0.0231 e. The monoisotopic (exact) mass is 441 g/mol. The van der Waals surface area contributed by atoms with Gasteiger partial charge in [-0.1, -0.05) is 89.9 Å². The predicted octanol–water partition coefficient (Wildman–Crippen LogP) is 6.59. The second kappa shape index (κ2) is 9.80. The van der Waals surface area contributed by atoms with Crippen LogP contribution >= 0.6 is 31.9 Å². The maximum atomic E-state index is 3.79. The van der Waals surface area contributed by atoms with Gasteiger partial charge in [-0.05, 0) is 49.6 Å². The molecule has 1 aromatic carbocycles. The van der Waals surface area contributed by atoms with Crippen LogP contribution in [-0.2, 0) is 5.41 Å². The van der Waals surface area contributed by atoms with Crippen molar-refractivity contribution in [3.05, 3.63) is 56.5 Å². The first-order valence-electron chi connectivity index (χ1n) is 8.48. The van der Waals surface area contributed by atoms with E-state index in [0.29, 0.717) is 5.92 Å². The second-order valence-electron chi connectivity index (χ2n) is 5.89. The van der Waals surface area contributed by atoms with E-state index in [1.165, 1.54) is 20.1 Å². The quantitative estimate of drug-likeness (QED) is 0.542. The van der Waals surface area contributed by atoms with Gasteiger partial charge in [0.05, 0.1) is 0 Å². The van der Waals surface area contributed by atoms with Gasteiger partial charge < -0.3 is 5.32 Å². The van der Waals surface area contributed by atoms with Gasteiger partial charge in [0.25, 0.3) is 0 Å². The third-order valence-corrected chi connectivity index (χ3v) is 6.03. The summed E-state index contributed by atoms with van der Waals surface area (Å²) in [4.78, 5) is 0. The highest BCUT2D eigenvalue weighted by Gasteiger charge is 2.39. The lowest BCUT2D eigenvalue weighted by atomic mass is 9.66. The molecule has 128 valence electrons. The minimum Gasteiger partial charge on any atom is -0.319 e. The molecule has 3 heteroatoms. The molecule has 0 saturated heterocycles. The average molecular weight is 443 g/mol. The number of nitrogens with one attached hydrogen (secondary N) is 1. The summed E-state index contributed by atoms with van der Waals surface area (Å²) >= 11 is 7.54. The Balaban J connectivity index is 0.00000127. The van der Waals surface area contributed by atoms with Crippen molar-refractivity contribution < 1.29 is 0 Å². The molecule has 1 nitrogen and oxygen atoms in total. The van der Waals surface area contributed by atoms with Gasteiger partial charge in [0.1, 0.15) is 0 Å². The summed E-state index contributed by atoms with van der Waals surface area (Å²) in [7, 11) is 2.02. The van der Waals surface area contributed by atoms with Crippen molar-refractivity contribution in [2.45, 2.75) is 46.0 Å². The van der Waals surface area contributed by atoms with Crippen molar-refractivity contribution in [2.75, 3.05) is 13.6 Å². The molecule has 1 aliphatic rings. The third-order valence-electron chi connectivity index (χ3n) is 4.58. The van der Waals surface area contributed by atoms with E-state index in [2.05, 4.69) is 87.4 Å². The average Bonchev–Trinajstić information content (AvgIpc) is 2.57. The summed E-state index contributed by atoms with van der Waals surface area (Å²) in [6, 6.07) is 8.59. The second-order valence-corrected chi connectivity index (χ2v) is 7.60. The highest BCUT2D eigenvalue weighted by molar-refractivity contribution is 9.12. The molecule has 0 heterocycles. The van der Waals surface area contributed by atoms with Crippen molar-refractivity contribution in [2.24, 2.45) is 5.92 Å². The first-order chi connectivity index (χ1) is 11.0. The van der Waals surface area contributed by atoms with E-state index in [4.69, 9.17) is 0 Å². The molecule has 0 bridgehead atoms. The molecule has 23 heavy (non-hydrogen) atoms. The van der Waals surface area contributed by atoms with Gasteiger partial charge in [0, 0.05) is 14.4 Å². The SMILES string of the molecule is CC.CNCC(C)C(C)(C1=CCCC=C1Br)c1ccccc1Br. The molecule has 0 amide bonds. The third kappa shape index (κ3) is 4.58. The zero-order valence-electron chi connectivity index (χ0n) is 14.9. The Bertz CT molecular complexity index is 563. The number of benzene rings is 1. The minimum absolute atomic E-state index is 0.0289. The van der Waals surface area contributed by atoms with Gasteiger partial charge in [-0.2, -0.15) is 0 Å². The Kier molecular flexibility index (Phi) is 8.81. The van der Waals surface area contributed by atoms with Gasteiger partial charge >= 0.3 is 0 Å². The fourth-order valence-electron chi connectivity index (χ4n) is 3.17. The summed E-state index contributed by atoms with van der Waals surface area (Å²) in [5.74, 6) is 0.478. The maximum absolute atomic E-state index is 3.79. The molecule has 0 radical (unpaired) electrons. The summed E-state index contributed by atoms with van der Waals surface area (Å²) in [6.07, 6.45) is 6.94. The highest BCUT2D eigenvalue weighted by atomic mass is 79.9. The molecule has 2 rings (SSSR count). The number of hydrogen-bond donors (Lipinski definition) is 1. The van der Waals surface area contributed by atoms with Gasteiger partial charge in [0.2, 0.25) is 0 Å². The lowest BCUT2D eigenvalue weighted by molar-refractivity contribution is 0.359. The number of rotatable bonds is 5. The Morgan fingerprint density at radius 2 is 1.74 bits per heavy atom. The fraction of sp³-hybridized carbons (Fsp3) is 0.500. The molecular weight excluding hydrogens is 414 g/mol. The van der Waals surface area contributed by atoms with Crippen molar-refractivity contribution in [1.29, 1.82) is 0 Å². The standard InChI is InChI=1S/C18H23Br2N.C2H6/c1-13(12-21-3)18(2,14-8-4-6-10-16(14)19)15-9-5-7-11-17(15)20;1-2/h4,6,8-11,13,21H,5,7,12H2,1-3H3;1-2H3. The van der Waals surface area contributed by atoms with E-state index in [1.807, 2.05) is 20.9 Å². The molecule has 1 aliphatic carbocycles. The van der Waals surface area contributed by atoms with Crippen LogP contribution in [0.2, 0.25) is 0 Å². The van der Waals surface area contributed by atoms with E-state index in [1.54, 1.807) is 0 Å². The van der Waals surface area contributed by atoms with Crippen LogP contribution in [0.15, 0.2) is 50.9 Å². The first kappa shape index (κ1) is 20.7. The molecule has 0 aliphatic heterocycles. The van der Waals surface area contributed by atoms with Crippen LogP contribution < -0.4 is 5.32 Å². The molecule has 1 aromatic rings. The Morgan fingerprint density at radius 1 is 1.13 bits per heavy atom. The van der Waals surface area contributed by atoms with Crippen LogP contribution in [0, 0.1) is 5.92 Å². The summed E-state index contributed by atoms with van der Waals surface area (Å²) in [5, 5.41) is 3.34. The fourth-order valence-corrected chi connectivity index (χ4v) is 4.67. The molecule has 0 fully saturated rings. The zero-order valence-corrected chi connectivity index (χ0v) is 18.1. The van der Waals surface area contributed by atoms with E-state index in [0.717, 1.165) is 19.4 Å². The van der Waals surface area contributed by atoms with E-state index in [9.17, 15) is 0 Å². The van der Waals surface area contributed by atoms with Crippen molar-refractivity contribution in [1.82, 2.24) is 5.32 Å². The van der Waals surface area contributed by atoms with Gasteiger partial charge in [-0.25, -0.2) is 0 Å². The van der Waals surface area contributed by atoms with Gasteiger partial charge in [0.15, 0.2) is 0 Å². The van der Waals surface area contributed by atoms with Gasteiger partial charge in [-0.3, -0.25) is 0 Å². The van der Waals surface area contributed by atoms with E-state index < -0.39 is 0 Å². The van der Waals surface area contributed by atoms with Crippen LogP contribution in [0.4, 0.5) is 0 Å². The normalized spacial score (nSPS) is 18.0. The number of allylic oxidation sites excluding steroid dienone is 4. The molecule has 1 N–H and O–H groups in total. The molecule has 2 unspecified atom stereocenters. The molecular formula is C20H29Br2N. The molecule has 0 aromatic heterocycles. The Hall–Kier alpha value is -0.380. The lowest BCUT2D eigenvalue weighted by Gasteiger charge is -2.40. The summed E-state index contributed by atoms with van der Waals surface area (Å²) in [5.41, 5.74) is 2.73. The number of hydrogen-bond acceptors (Lipinski definition) is 1. The Labute approximate surface area is 158 Å². The van der Waals surface area contributed by atoms with Crippen LogP contribution in [0.1, 0.15) is 46.1 Å². The van der Waals surface area contributed by atoms with E-state index >= 15 is 0 Å². The zero-order chi connectivity index (χ0) is 17.5. The van der Waals surface area contributed by atoms with Crippen LogP contribution in [0.3, 0.4) is 0 Å². The van der Waals surface area contributed by atoms with Crippen molar-refractivity contribution in [3.63, 3.8) is 0 Å². The van der Waals surface area contributed by atoms with Crippen LogP contribution in [0.5, 0.6) is 0 Å². The Morgan fingerprint density at radius 3 is 2.30 bits per heavy atom. The predicted molar refractivity (Wildman–Crippen MR) is 110 cm³/mol. The first-order valence-corrected chi connectivity index (χ1v) is 10.1. The summed E-state index contributed by atoms with van der Waals surface area (Å²) in [6.45, 7) is 9.67. The molecule has 2 atom stereocenters. The lowest BCUT2D eigenvalue weighted by Crippen LogP contribution is -2.38. The van der Waals surface area contributed by atoms with Crippen LogP contribution in [-0.4, -0.2) is 13.6 Å². The largest absolute Gasteiger partial charge is 0.319 e. The van der Waals surface area contributed by atoms with E-state index in [-0.39, 0.29) is 5.41 Å².